The Kier molecular flexibility index (Phi) is 5.00. The number of hydrogen-bond donors (Lipinski definition) is 0. The number of esters is 1. The predicted octanol–water partition coefficient (Wildman–Crippen LogP) is 2.61. The van der Waals surface area contributed by atoms with E-state index >= 15 is 0 Å². The number of nitrogens with zero attached hydrogens (tertiary/aromatic N) is 1. The van der Waals surface area contributed by atoms with Gasteiger partial charge in [0.15, 0.2) is 12.4 Å². The summed E-state index contributed by atoms with van der Waals surface area (Å²) >= 11 is 0. The number of imide groups is 1. The second-order valence-corrected chi connectivity index (χ2v) is 8.66. The van der Waals surface area contributed by atoms with Crippen molar-refractivity contribution in [1.29, 1.82) is 0 Å². The third-order valence-electron chi connectivity index (χ3n) is 6.62. The molecule has 4 rings (SSSR count). The zero-order valence-electron chi connectivity index (χ0n) is 16.5. The smallest absolute Gasteiger partial charge is 0.330 e. The monoisotopic (exact) mass is 401 g/mol. The van der Waals surface area contributed by atoms with E-state index in [0.29, 0.717) is 0 Å². The topological polar surface area (TPSA) is 80.8 Å². The molecule has 0 spiro atoms. The molecule has 2 aliphatic carbocycles. The van der Waals surface area contributed by atoms with Crippen molar-refractivity contribution in [2.24, 2.45) is 29.6 Å². The lowest BCUT2D eigenvalue weighted by molar-refractivity contribution is -0.160. The Morgan fingerprint density at radius 1 is 1.07 bits per heavy atom. The lowest BCUT2D eigenvalue weighted by Gasteiger charge is -2.28. The Morgan fingerprint density at radius 2 is 1.62 bits per heavy atom. The van der Waals surface area contributed by atoms with Crippen molar-refractivity contribution in [3.05, 3.63) is 35.6 Å². The summed E-state index contributed by atoms with van der Waals surface area (Å²) in [5.41, 5.74) is 0.222. The Hall–Kier alpha value is -2.57. The van der Waals surface area contributed by atoms with E-state index in [2.05, 4.69) is 0 Å². The van der Waals surface area contributed by atoms with Gasteiger partial charge in [0, 0.05) is 5.56 Å². The average molecular weight is 401 g/mol. The van der Waals surface area contributed by atoms with Gasteiger partial charge in [-0.15, -0.1) is 0 Å². The quantitative estimate of drug-likeness (QED) is 0.416. The minimum absolute atomic E-state index is 0.222. The van der Waals surface area contributed by atoms with Crippen LogP contribution in [0.5, 0.6) is 0 Å². The number of benzene rings is 1. The average Bonchev–Trinajstić information content (AvgIpc) is 3.36. The highest BCUT2D eigenvalue weighted by atomic mass is 19.1. The third-order valence-corrected chi connectivity index (χ3v) is 6.62. The van der Waals surface area contributed by atoms with Crippen LogP contribution in [0.3, 0.4) is 0 Å². The Bertz CT molecular complexity index is 836. The van der Waals surface area contributed by atoms with E-state index in [4.69, 9.17) is 4.74 Å². The second kappa shape index (κ2) is 7.35. The van der Waals surface area contributed by atoms with Crippen molar-refractivity contribution < 1.29 is 28.3 Å². The molecule has 5 atom stereocenters. The summed E-state index contributed by atoms with van der Waals surface area (Å²) in [6, 6.07) is 3.90. The largest absolute Gasteiger partial charge is 0.456 e. The van der Waals surface area contributed by atoms with Gasteiger partial charge in [-0.25, -0.2) is 9.18 Å². The number of likely N-dealkylation sites (tertiary alicyclic amines) is 1. The third kappa shape index (κ3) is 3.26. The van der Waals surface area contributed by atoms with Crippen LogP contribution in [0.2, 0.25) is 0 Å². The van der Waals surface area contributed by atoms with E-state index in [1.54, 1.807) is 13.8 Å². The molecule has 154 valence electrons. The SMILES string of the molecule is CC(C)[C@H](C(=O)OCC(=O)c1ccc(F)cc1)N1C(=O)[C@H]2[C@H]3CC[C@@H](C3)[C@@H]2C1=O. The first kappa shape index (κ1) is 19.7. The molecule has 0 aromatic heterocycles. The molecule has 2 bridgehead atoms. The van der Waals surface area contributed by atoms with E-state index < -0.39 is 30.2 Å². The fourth-order valence-corrected chi connectivity index (χ4v) is 5.32. The first-order chi connectivity index (χ1) is 13.8. The lowest BCUT2D eigenvalue weighted by Crippen LogP contribution is -2.50. The molecule has 1 heterocycles. The highest BCUT2D eigenvalue weighted by molar-refractivity contribution is 6.09. The molecule has 0 radical (unpaired) electrons. The Balaban J connectivity index is 1.47. The number of hydrogen-bond acceptors (Lipinski definition) is 5. The van der Waals surface area contributed by atoms with Crippen LogP contribution in [0.25, 0.3) is 0 Å². The van der Waals surface area contributed by atoms with Crippen molar-refractivity contribution in [3.63, 3.8) is 0 Å². The van der Waals surface area contributed by atoms with Crippen molar-refractivity contribution in [1.82, 2.24) is 4.90 Å². The summed E-state index contributed by atoms with van der Waals surface area (Å²) in [7, 11) is 0. The number of rotatable bonds is 6. The van der Waals surface area contributed by atoms with Gasteiger partial charge < -0.3 is 4.74 Å². The maximum atomic E-state index is 13.0. The zero-order chi connectivity index (χ0) is 20.9. The molecule has 3 fully saturated rings. The minimum atomic E-state index is -1.04. The fraction of sp³-hybridized carbons (Fsp3) is 0.545. The molecule has 6 nitrogen and oxygen atoms in total. The van der Waals surface area contributed by atoms with Crippen LogP contribution in [-0.4, -0.2) is 41.1 Å². The van der Waals surface area contributed by atoms with Gasteiger partial charge in [-0.1, -0.05) is 13.8 Å². The summed E-state index contributed by atoms with van der Waals surface area (Å²) in [6.45, 7) is 2.97. The van der Waals surface area contributed by atoms with Crippen LogP contribution < -0.4 is 0 Å². The maximum Gasteiger partial charge on any atom is 0.330 e. The van der Waals surface area contributed by atoms with E-state index in [1.165, 1.54) is 12.1 Å². The van der Waals surface area contributed by atoms with Crippen LogP contribution in [0.4, 0.5) is 4.39 Å². The predicted molar refractivity (Wildman–Crippen MR) is 100.0 cm³/mol. The number of Topliss-reactive ketones (excluding diaryl/α,β-unsaturated/α-hetero) is 1. The van der Waals surface area contributed by atoms with Crippen LogP contribution in [-0.2, 0) is 19.1 Å². The zero-order valence-corrected chi connectivity index (χ0v) is 16.5. The number of fused-ring (bicyclic) bond motifs is 5. The van der Waals surface area contributed by atoms with Gasteiger partial charge in [-0.3, -0.25) is 19.3 Å². The standard InChI is InChI=1S/C22H24FNO5/c1-11(2)19(22(28)29-10-16(25)12-5-7-15(23)8-6-12)24-20(26)17-13-3-4-14(9-13)18(17)21(24)27/h5-8,11,13-14,17-19H,3-4,9-10H2,1-2H3/t13-,14-,17-,18-,19+/m0/s1. The van der Waals surface area contributed by atoms with Crippen molar-refractivity contribution in [3.8, 4) is 0 Å². The number of carbonyl (C=O) groups excluding carboxylic acids is 4. The molecule has 1 saturated heterocycles. The fourth-order valence-electron chi connectivity index (χ4n) is 5.32. The normalized spacial score (nSPS) is 28.8. The van der Waals surface area contributed by atoms with Gasteiger partial charge in [0.1, 0.15) is 11.9 Å². The molecule has 2 saturated carbocycles. The molecule has 0 unspecified atom stereocenters. The minimum Gasteiger partial charge on any atom is -0.456 e. The highest BCUT2D eigenvalue weighted by Crippen LogP contribution is 2.56. The number of amides is 2. The molecule has 29 heavy (non-hydrogen) atoms. The van der Waals surface area contributed by atoms with Gasteiger partial charge in [0.05, 0.1) is 11.8 Å². The second-order valence-electron chi connectivity index (χ2n) is 8.66. The van der Waals surface area contributed by atoms with E-state index in [0.717, 1.165) is 36.3 Å². The summed E-state index contributed by atoms with van der Waals surface area (Å²) < 4.78 is 18.2. The lowest BCUT2D eigenvalue weighted by atomic mass is 9.81. The van der Waals surface area contributed by atoms with Crippen molar-refractivity contribution in [2.75, 3.05) is 6.61 Å². The summed E-state index contributed by atoms with van der Waals surface area (Å²) in [4.78, 5) is 52.1. The Morgan fingerprint density at radius 3 is 2.14 bits per heavy atom. The molecular formula is C22H24FNO5. The molecular weight excluding hydrogens is 377 g/mol. The van der Waals surface area contributed by atoms with Gasteiger partial charge in [-0.05, 0) is 61.3 Å². The van der Waals surface area contributed by atoms with Crippen LogP contribution in [0.15, 0.2) is 24.3 Å². The van der Waals surface area contributed by atoms with Crippen molar-refractivity contribution >= 4 is 23.6 Å². The van der Waals surface area contributed by atoms with Crippen LogP contribution in [0, 0.1) is 35.4 Å². The molecule has 1 aliphatic heterocycles. The van der Waals surface area contributed by atoms with E-state index in [9.17, 15) is 23.6 Å². The van der Waals surface area contributed by atoms with Crippen LogP contribution in [0.1, 0.15) is 43.5 Å². The molecule has 1 aromatic rings. The molecule has 3 aliphatic rings. The van der Waals surface area contributed by atoms with Gasteiger partial charge >= 0.3 is 5.97 Å². The van der Waals surface area contributed by atoms with Gasteiger partial charge in [-0.2, -0.15) is 0 Å². The van der Waals surface area contributed by atoms with Gasteiger partial charge in [0.25, 0.3) is 0 Å². The molecule has 2 amide bonds. The summed E-state index contributed by atoms with van der Waals surface area (Å²) in [6.07, 6.45) is 2.84. The van der Waals surface area contributed by atoms with E-state index in [1.807, 2.05) is 0 Å². The van der Waals surface area contributed by atoms with Crippen LogP contribution >= 0.6 is 0 Å². The highest BCUT2D eigenvalue weighted by Gasteiger charge is 2.62. The summed E-state index contributed by atoms with van der Waals surface area (Å²) in [5.74, 6) is -2.74. The van der Waals surface area contributed by atoms with Gasteiger partial charge in [0.2, 0.25) is 11.8 Å². The summed E-state index contributed by atoms with van der Waals surface area (Å²) in [5, 5.41) is 0. The molecule has 7 heteroatoms. The Labute approximate surface area is 168 Å². The molecule has 1 aromatic carbocycles. The number of carbonyl (C=O) groups is 4. The van der Waals surface area contributed by atoms with E-state index in [-0.39, 0.29) is 47.0 Å². The number of ketones is 1. The van der Waals surface area contributed by atoms with Crippen molar-refractivity contribution in [2.45, 2.75) is 39.2 Å². The number of halogens is 1. The molecule has 0 N–H and O–H groups in total. The first-order valence-electron chi connectivity index (χ1n) is 10.1. The number of ether oxygens (including phenoxy) is 1. The maximum absolute atomic E-state index is 13.0. The first-order valence-corrected chi connectivity index (χ1v) is 10.1.